The molecule has 96 valence electrons. The van der Waals surface area contributed by atoms with Crippen LogP contribution in [0.3, 0.4) is 0 Å². The molecule has 0 amide bonds. The first-order valence-electron chi connectivity index (χ1n) is 5.86. The molecule has 1 aromatic heterocycles. The van der Waals surface area contributed by atoms with Gasteiger partial charge >= 0.3 is 0 Å². The van der Waals surface area contributed by atoms with Gasteiger partial charge in [0.15, 0.2) is 5.82 Å². The maximum atomic E-state index is 5.61. The SMILES string of the molecule is Cc1ccc(C(Cc2nnn(C)n2)NN)cc1C. The summed E-state index contributed by atoms with van der Waals surface area (Å²) in [7, 11) is 1.75. The predicted molar refractivity (Wildman–Crippen MR) is 68.5 cm³/mol. The van der Waals surface area contributed by atoms with Crippen LogP contribution in [0.2, 0.25) is 0 Å². The molecule has 0 aliphatic rings. The number of nitrogens with one attached hydrogen (secondary N) is 1. The Kier molecular flexibility index (Phi) is 3.69. The van der Waals surface area contributed by atoms with Crippen molar-refractivity contribution in [3.63, 3.8) is 0 Å². The summed E-state index contributed by atoms with van der Waals surface area (Å²) < 4.78 is 0. The summed E-state index contributed by atoms with van der Waals surface area (Å²) in [4.78, 5) is 1.45. The van der Waals surface area contributed by atoms with Crippen molar-refractivity contribution in [2.75, 3.05) is 0 Å². The van der Waals surface area contributed by atoms with Crippen LogP contribution in [-0.2, 0) is 13.5 Å². The molecule has 0 saturated carbocycles. The molecule has 6 nitrogen and oxygen atoms in total. The average Bonchev–Trinajstić information content (AvgIpc) is 2.75. The topological polar surface area (TPSA) is 81.7 Å². The van der Waals surface area contributed by atoms with Gasteiger partial charge in [-0.3, -0.25) is 11.3 Å². The minimum atomic E-state index is -0.00602. The van der Waals surface area contributed by atoms with Gasteiger partial charge in [0.25, 0.3) is 0 Å². The summed E-state index contributed by atoms with van der Waals surface area (Å²) in [5.41, 5.74) is 6.46. The van der Waals surface area contributed by atoms with Gasteiger partial charge in [0.1, 0.15) is 0 Å². The lowest BCUT2D eigenvalue weighted by molar-refractivity contribution is 0.536. The van der Waals surface area contributed by atoms with Crippen molar-refractivity contribution in [1.29, 1.82) is 0 Å². The van der Waals surface area contributed by atoms with E-state index in [-0.39, 0.29) is 6.04 Å². The van der Waals surface area contributed by atoms with Gasteiger partial charge in [-0.15, -0.1) is 10.2 Å². The van der Waals surface area contributed by atoms with E-state index in [9.17, 15) is 0 Å². The number of hydrogen-bond acceptors (Lipinski definition) is 5. The fourth-order valence-corrected chi connectivity index (χ4v) is 1.84. The van der Waals surface area contributed by atoms with E-state index in [2.05, 4.69) is 52.9 Å². The third kappa shape index (κ3) is 2.72. The Bertz CT molecular complexity index is 533. The van der Waals surface area contributed by atoms with Crippen LogP contribution >= 0.6 is 0 Å². The van der Waals surface area contributed by atoms with Crippen molar-refractivity contribution >= 4 is 0 Å². The van der Waals surface area contributed by atoms with Gasteiger partial charge < -0.3 is 0 Å². The second-order valence-electron chi connectivity index (χ2n) is 4.46. The molecule has 18 heavy (non-hydrogen) atoms. The highest BCUT2D eigenvalue weighted by Crippen LogP contribution is 2.19. The molecule has 1 atom stereocenters. The Labute approximate surface area is 106 Å². The molecule has 1 heterocycles. The molecule has 1 unspecified atom stereocenters. The predicted octanol–water partition coefficient (Wildman–Crippen LogP) is 0.574. The van der Waals surface area contributed by atoms with Gasteiger partial charge in [0, 0.05) is 6.42 Å². The number of nitrogens with zero attached hydrogens (tertiary/aromatic N) is 4. The number of nitrogens with two attached hydrogens (primary N) is 1. The van der Waals surface area contributed by atoms with E-state index in [1.165, 1.54) is 15.9 Å². The minimum Gasteiger partial charge on any atom is -0.271 e. The Balaban J connectivity index is 2.19. The zero-order chi connectivity index (χ0) is 13.1. The molecule has 0 spiro atoms. The van der Waals surface area contributed by atoms with Crippen molar-refractivity contribution in [1.82, 2.24) is 25.6 Å². The van der Waals surface area contributed by atoms with E-state index in [1.807, 2.05) is 0 Å². The lowest BCUT2D eigenvalue weighted by Gasteiger charge is -2.15. The number of hydrazine groups is 1. The number of benzene rings is 1. The first kappa shape index (κ1) is 12.7. The monoisotopic (exact) mass is 246 g/mol. The van der Waals surface area contributed by atoms with Crippen LogP contribution in [0, 0.1) is 13.8 Å². The molecule has 2 aromatic rings. The third-order valence-electron chi connectivity index (χ3n) is 3.07. The van der Waals surface area contributed by atoms with E-state index in [1.54, 1.807) is 7.05 Å². The summed E-state index contributed by atoms with van der Waals surface area (Å²) in [5.74, 6) is 6.29. The number of rotatable bonds is 4. The Morgan fingerprint density at radius 2 is 2.11 bits per heavy atom. The van der Waals surface area contributed by atoms with Crippen molar-refractivity contribution in [3.05, 3.63) is 40.7 Å². The molecule has 1 aromatic carbocycles. The van der Waals surface area contributed by atoms with Gasteiger partial charge in [-0.2, -0.15) is 4.80 Å². The summed E-state index contributed by atoms with van der Waals surface area (Å²) in [6.07, 6.45) is 0.618. The van der Waals surface area contributed by atoms with Crippen LogP contribution < -0.4 is 11.3 Å². The quantitative estimate of drug-likeness (QED) is 0.609. The normalized spacial score (nSPS) is 12.7. The molecule has 3 N–H and O–H groups in total. The number of aromatic nitrogens is 4. The van der Waals surface area contributed by atoms with Crippen LogP contribution in [0.1, 0.15) is 28.6 Å². The fourth-order valence-electron chi connectivity index (χ4n) is 1.84. The van der Waals surface area contributed by atoms with Crippen LogP contribution in [0.25, 0.3) is 0 Å². The van der Waals surface area contributed by atoms with Gasteiger partial charge in [-0.25, -0.2) is 0 Å². The fraction of sp³-hybridized carbons (Fsp3) is 0.417. The summed E-state index contributed by atoms with van der Waals surface area (Å²) in [6.45, 7) is 4.18. The molecule has 0 aliphatic carbocycles. The molecular formula is C12H18N6. The molecule has 2 rings (SSSR count). The highest BCUT2D eigenvalue weighted by molar-refractivity contribution is 5.32. The lowest BCUT2D eigenvalue weighted by Crippen LogP contribution is -2.30. The highest BCUT2D eigenvalue weighted by atomic mass is 15.6. The molecular weight excluding hydrogens is 228 g/mol. The molecule has 0 aliphatic heterocycles. The lowest BCUT2D eigenvalue weighted by atomic mass is 9.99. The standard InChI is InChI=1S/C12H18N6/c1-8-4-5-10(6-9(8)2)11(14-13)7-12-15-17-18(3)16-12/h4-6,11,14H,7,13H2,1-3H3. The van der Waals surface area contributed by atoms with E-state index >= 15 is 0 Å². The van der Waals surface area contributed by atoms with Crippen molar-refractivity contribution in [3.8, 4) is 0 Å². The number of hydrogen-bond donors (Lipinski definition) is 2. The van der Waals surface area contributed by atoms with Crippen molar-refractivity contribution < 1.29 is 0 Å². The van der Waals surface area contributed by atoms with Crippen LogP contribution in [0.5, 0.6) is 0 Å². The summed E-state index contributed by atoms with van der Waals surface area (Å²) in [6, 6.07) is 6.30. The molecule has 6 heteroatoms. The minimum absolute atomic E-state index is 0.00602. The highest BCUT2D eigenvalue weighted by Gasteiger charge is 2.14. The second kappa shape index (κ2) is 5.24. The number of aryl methyl sites for hydroxylation is 3. The zero-order valence-electron chi connectivity index (χ0n) is 10.9. The maximum absolute atomic E-state index is 5.61. The van der Waals surface area contributed by atoms with Crippen molar-refractivity contribution in [2.45, 2.75) is 26.3 Å². The first-order valence-corrected chi connectivity index (χ1v) is 5.86. The summed E-state index contributed by atoms with van der Waals surface area (Å²) in [5, 5.41) is 12.0. The molecule has 0 saturated heterocycles. The molecule has 0 fully saturated rings. The first-order chi connectivity index (χ1) is 8.60. The maximum Gasteiger partial charge on any atom is 0.176 e. The van der Waals surface area contributed by atoms with Gasteiger partial charge in [0.05, 0.1) is 13.1 Å². The molecule has 0 radical (unpaired) electrons. The van der Waals surface area contributed by atoms with Crippen LogP contribution in [0.15, 0.2) is 18.2 Å². The third-order valence-corrected chi connectivity index (χ3v) is 3.07. The van der Waals surface area contributed by atoms with Crippen LogP contribution in [0.4, 0.5) is 0 Å². The summed E-state index contributed by atoms with van der Waals surface area (Å²) >= 11 is 0. The Morgan fingerprint density at radius 1 is 1.33 bits per heavy atom. The van der Waals surface area contributed by atoms with E-state index in [0.717, 1.165) is 5.56 Å². The smallest absolute Gasteiger partial charge is 0.176 e. The second-order valence-corrected chi connectivity index (χ2v) is 4.46. The Morgan fingerprint density at radius 3 is 2.67 bits per heavy atom. The van der Waals surface area contributed by atoms with Gasteiger partial charge in [0.2, 0.25) is 0 Å². The molecule has 0 bridgehead atoms. The van der Waals surface area contributed by atoms with E-state index in [0.29, 0.717) is 12.2 Å². The van der Waals surface area contributed by atoms with Crippen LogP contribution in [-0.4, -0.2) is 20.2 Å². The van der Waals surface area contributed by atoms with E-state index in [4.69, 9.17) is 5.84 Å². The van der Waals surface area contributed by atoms with Gasteiger partial charge in [-0.1, -0.05) is 18.2 Å². The zero-order valence-corrected chi connectivity index (χ0v) is 10.9. The van der Waals surface area contributed by atoms with E-state index < -0.39 is 0 Å². The van der Waals surface area contributed by atoms with Gasteiger partial charge in [-0.05, 0) is 35.8 Å². The van der Waals surface area contributed by atoms with Crippen molar-refractivity contribution in [2.24, 2.45) is 12.9 Å². The number of tetrazole rings is 1. The largest absolute Gasteiger partial charge is 0.271 e. The average molecular weight is 246 g/mol. The Hall–Kier alpha value is -1.79.